The summed E-state index contributed by atoms with van der Waals surface area (Å²) >= 11 is 0. The number of nitrogens with zero attached hydrogens (tertiary/aromatic N) is 4. The summed E-state index contributed by atoms with van der Waals surface area (Å²) in [5.74, 6) is 0.716. The Labute approximate surface area is 165 Å². The predicted molar refractivity (Wildman–Crippen MR) is 107 cm³/mol. The van der Waals surface area contributed by atoms with E-state index in [-0.39, 0.29) is 23.7 Å². The Kier molecular flexibility index (Phi) is 5.59. The van der Waals surface area contributed by atoms with E-state index in [9.17, 15) is 9.59 Å². The van der Waals surface area contributed by atoms with Crippen molar-refractivity contribution in [1.82, 2.24) is 25.0 Å². The van der Waals surface area contributed by atoms with E-state index in [2.05, 4.69) is 16.4 Å². The van der Waals surface area contributed by atoms with Crippen molar-refractivity contribution in [1.29, 1.82) is 0 Å². The Morgan fingerprint density at radius 1 is 1.21 bits per heavy atom. The van der Waals surface area contributed by atoms with Gasteiger partial charge in [0.15, 0.2) is 5.65 Å². The summed E-state index contributed by atoms with van der Waals surface area (Å²) in [5.41, 5.74) is 1.87. The van der Waals surface area contributed by atoms with E-state index in [1.54, 1.807) is 13.1 Å². The Hall–Kier alpha value is -2.44. The van der Waals surface area contributed by atoms with Crippen molar-refractivity contribution in [3.63, 3.8) is 0 Å². The molecule has 0 bridgehead atoms. The van der Waals surface area contributed by atoms with E-state index in [1.165, 1.54) is 6.42 Å². The number of nitrogens with one attached hydrogen (secondary N) is 1. The van der Waals surface area contributed by atoms with Gasteiger partial charge in [-0.1, -0.05) is 19.3 Å². The van der Waals surface area contributed by atoms with Crippen LogP contribution < -0.4 is 5.32 Å². The zero-order valence-corrected chi connectivity index (χ0v) is 16.6. The van der Waals surface area contributed by atoms with Gasteiger partial charge in [0, 0.05) is 50.0 Å². The molecule has 7 nitrogen and oxygen atoms in total. The molecule has 4 rings (SSSR count). The number of aromatic nitrogens is 3. The summed E-state index contributed by atoms with van der Waals surface area (Å²) in [4.78, 5) is 30.5. The van der Waals surface area contributed by atoms with Crippen molar-refractivity contribution in [3.05, 3.63) is 24.0 Å². The fourth-order valence-electron chi connectivity index (χ4n) is 4.55. The molecule has 150 valence electrons. The van der Waals surface area contributed by atoms with Crippen LogP contribution in [0.5, 0.6) is 0 Å². The SMILES string of the molecule is CC(=O)N1CCC(c2nn(CCNC(=O)C3CCCCC3)c3ncccc23)C1. The van der Waals surface area contributed by atoms with Crippen molar-refractivity contribution < 1.29 is 9.59 Å². The summed E-state index contributed by atoms with van der Waals surface area (Å²) in [6.45, 7) is 4.29. The lowest BCUT2D eigenvalue weighted by Crippen LogP contribution is -2.34. The second-order valence-electron chi connectivity index (χ2n) is 8.06. The first-order valence-corrected chi connectivity index (χ1v) is 10.5. The Bertz CT molecular complexity index is 856. The third-order valence-electron chi connectivity index (χ3n) is 6.15. The average Bonchev–Trinajstić information content (AvgIpc) is 3.34. The average molecular weight is 383 g/mol. The van der Waals surface area contributed by atoms with Gasteiger partial charge in [-0.15, -0.1) is 0 Å². The lowest BCUT2D eigenvalue weighted by molar-refractivity contribution is -0.128. The van der Waals surface area contributed by atoms with Gasteiger partial charge in [0.05, 0.1) is 12.2 Å². The van der Waals surface area contributed by atoms with Crippen molar-refractivity contribution in [3.8, 4) is 0 Å². The molecule has 2 aromatic heterocycles. The number of fused-ring (bicyclic) bond motifs is 1. The topological polar surface area (TPSA) is 80.1 Å². The quantitative estimate of drug-likeness (QED) is 0.860. The zero-order valence-electron chi connectivity index (χ0n) is 16.6. The molecule has 2 amide bonds. The van der Waals surface area contributed by atoms with Gasteiger partial charge in [-0.25, -0.2) is 9.67 Å². The molecule has 1 atom stereocenters. The molecule has 0 spiro atoms. The fraction of sp³-hybridized carbons (Fsp3) is 0.619. The van der Waals surface area contributed by atoms with Crippen LogP contribution in [0, 0.1) is 5.92 Å². The molecule has 1 aliphatic carbocycles. The van der Waals surface area contributed by atoms with Crippen molar-refractivity contribution in [2.45, 2.75) is 57.9 Å². The Morgan fingerprint density at radius 3 is 2.79 bits per heavy atom. The Balaban J connectivity index is 1.44. The summed E-state index contributed by atoms with van der Waals surface area (Å²) in [5, 5.41) is 8.98. The molecule has 1 aliphatic heterocycles. The molecule has 2 aliphatic rings. The molecular weight excluding hydrogens is 354 g/mol. The van der Waals surface area contributed by atoms with E-state index in [0.717, 1.165) is 61.9 Å². The highest BCUT2D eigenvalue weighted by atomic mass is 16.2. The Morgan fingerprint density at radius 2 is 2.04 bits per heavy atom. The summed E-state index contributed by atoms with van der Waals surface area (Å²) < 4.78 is 1.91. The molecule has 1 unspecified atom stereocenters. The number of amides is 2. The van der Waals surface area contributed by atoms with Crippen LogP contribution in [0.2, 0.25) is 0 Å². The third kappa shape index (κ3) is 3.88. The first-order valence-electron chi connectivity index (χ1n) is 10.5. The summed E-state index contributed by atoms with van der Waals surface area (Å²) in [6.07, 6.45) is 8.30. The molecule has 1 saturated heterocycles. The van der Waals surface area contributed by atoms with Crippen LogP contribution in [0.25, 0.3) is 11.0 Å². The zero-order chi connectivity index (χ0) is 19.5. The molecular formula is C21H29N5O2. The highest BCUT2D eigenvalue weighted by molar-refractivity contribution is 5.80. The highest BCUT2D eigenvalue weighted by Crippen LogP contribution is 2.31. The maximum Gasteiger partial charge on any atom is 0.223 e. The van der Waals surface area contributed by atoms with E-state index in [4.69, 9.17) is 5.10 Å². The molecule has 0 radical (unpaired) electrons. The van der Waals surface area contributed by atoms with E-state index in [0.29, 0.717) is 13.1 Å². The van der Waals surface area contributed by atoms with Gasteiger partial charge < -0.3 is 10.2 Å². The number of rotatable bonds is 5. The van der Waals surface area contributed by atoms with Crippen molar-refractivity contribution in [2.75, 3.05) is 19.6 Å². The molecule has 1 saturated carbocycles. The molecule has 0 aromatic carbocycles. The van der Waals surface area contributed by atoms with Gasteiger partial charge in [0.2, 0.25) is 11.8 Å². The predicted octanol–water partition coefficient (Wildman–Crippen LogP) is 2.46. The third-order valence-corrected chi connectivity index (χ3v) is 6.15. The lowest BCUT2D eigenvalue weighted by atomic mass is 9.89. The number of likely N-dealkylation sites (tertiary alicyclic amines) is 1. The van der Waals surface area contributed by atoms with Crippen LogP contribution in [0.15, 0.2) is 18.3 Å². The molecule has 28 heavy (non-hydrogen) atoms. The second kappa shape index (κ2) is 8.29. The number of pyridine rings is 1. The van der Waals surface area contributed by atoms with E-state index >= 15 is 0 Å². The van der Waals surface area contributed by atoms with Crippen LogP contribution >= 0.6 is 0 Å². The van der Waals surface area contributed by atoms with Gasteiger partial charge in [0.1, 0.15) is 0 Å². The highest BCUT2D eigenvalue weighted by Gasteiger charge is 2.29. The first-order chi connectivity index (χ1) is 13.6. The standard InChI is InChI=1S/C21H29N5O2/c1-15(27)25-12-9-17(14-25)19-18-8-5-10-22-20(18)26(24-19)13-11-23-21(28)16-6-3-2-4-7-16/h5,8,10,16-17H,2-4,6-7,9,11-14H2,1H3,(H,23,28). The maximum atomic E-state index is 12.4. The minimum Gasteiger partial charge on any atom is -0.354 e. The monoisotopic (exact) mass is 383 g/mol. The van der Waals surface area contributed by atoms with Gasteiger partial charge in [-0.05, 0) is 31.4 Å². The van der Waals surface area contributed by atoms with Gasteiger partial charge in [-0.3, -0.25) is 9.59 Å². The van der Waals surface area contributed by atoms with Crippen molar-refractivity contribution in [2.24, 2.45) is 5.92 Å². The smallest absolute Gasteiger partial charge is 0.223 e. The molecule has 3 heterocycles. The summed E-state index contributed by atoms with van der Waals surface area (Å²) in [7, 11) is 0. The minimum atomic E-state index is 0.120. The minimum absolute atomic E-state index is 0.120. The normalized spacial score (nSPS) is 20.6. The second-order valence-corrected chi connectivity index (χ2v) is 8.06. The molecule has 2 aromatic rings. The number of carbonyl (C=O) groups excluding carboxylic acids is 2. The van der Waals surface area contributed by atoms with Crippen LogP contribution in [0.1, 0.15) is 57.1 Å². The molecule has 1 N–H and O–H groups in total. The van der Waals surface area contributed by atoms with Crippen molar-refractivity contribution >= 4 is 22.8 Å². The fourth-order valence-corrected chi connectivity index (χ4v) is 4.55. The largest absolute Gasteiger partial charge is 0.354 e. The van der Waals surface area contributed by atoms with Crippen LogP contribution in [-0.4, -0.2) is 51.1 Å². The number of carbonyl (C=O) groups is 2. The molecule has 7 heteroatoms. The van der Waals surface area contributed by atoms with Crippen LogP contribution in [0.4, 0.5) is 0 Å². The molecule has 2 fully saturated rings. The van der Waals surface area contributed by atoms with Gasteiger partial charge in [0.25, 0.3) is 0 Å². The van der Waals surface area contributed by atoms with Gasteiger partial charge in [-0.2, -0.15) is 5.10 Å². The first kappa shape index (κ1) is 18.9. The van der Waals surface area contributed by atoms with Gasteiger partial charge >= 0.3 is 0 Å². The summed E-state index contributed by atoms with van der Waals surface area (Å²) in [6, 6.07) is 3.98. The maximum absolute atomic E-state index is 12.4. The lowest BCUT2D eigenvalue weighted by Gasteiger charge is -2.20. The van der Waals surface area contributed by atoms with Crippen LogP contribution in [-0.2, 0) is 16.1 Å². The van der Waals surface area contributed by atoms with E-state index in [1.807, 2.05) is 15.6 Å². The number of hydrogen-bond donors (Lipinski definition) is 1. The number of hydrogen-bond acceptors (Lipinski definition) is 4. The van der Waals surface area contributed by atoms with Crippen LogP contribution in [0.3, 0.4) is 0 Å². The van der Waals surface area contributed by atoms with E-state index < -0.39 is 0 Å².